The fourth-order valence-corrected chi connectivity index (χ4v) is 1.98. The summed E-state index contributed by atoms with van der Waals surface area (Å²) in [7, 11) is 1.73. The van der Waals surface area contributed by atoms with Gasteiger partial charge in [-0.3, -0.25) is 4.99 Å². The predicted molar refractivity (Wildman–Crippen MR) is 109 cm³/mol. The number of aromatic nitrogens is 1. The first kappa shape index (κ1) is 20.0. The molecule has 0 fully saturated rings. The third-order valence-corrected chi connectivity index (χ3v) is 3.15. The van der Waals surface area contributed by atoms with E-state index in [9.17, 15) is 0 Å². The van der Waals surface area contributed by atoms with Crippen molar-refractivity contribution in [3.8, 4) is 5.88 Å². The second-order valence-corrected chi connectivity index (χ2v) is 4.84. The van der Waals surface area contributed by atoms with E-state index in [-0.39, 0.29) is 24.0 Å². The number of pyridine rings is 1. The van der Waals surface area contributed by atoms with Crippen LogP contribution < -0.4 is 15.4 Å². The number of nitrogens with one attached hydrogen (secondary N) is 2. The molecule has 0 saturated carbocycles. The normalized spacial score (nSPS) is 10.5. The molecule has 1 aromatic carbocycles. The molecule has 128 valence electrons. The number of nitrogens with zero attached hydrogens (tertiary/aromatic N) is 2. The first-order chi connectivity index (χ1) is 11.3. The summed E-state index contributed by atoms with van der Waals surface area (Å²) in [6.07, 6.45) is 3.51. The van der Waals surface area contributed by atoms with Gasteiger partial charge in [-0.2, -0.15) is 0 Å². The van der Waals surface area contributed by atoms with Gasteiger partial charge in [0.05, 0.1) is 0 Å². The number of halogens is 1. The number of aliphatic imine (C=N–C) groups is 1. The lowest BCUT2D eigenvalue weighted by atomic mass is 10.2. The van der Waals surface area contributed by atoms with Gasteiger partial charge in [-0.05, 0) is 11.6 Å². The minimum atomic E-state index is 0. The highest BCUT2D eigenvalue weighted by molar-refractivity contribution is 14.0. The molecule has 0 bridgehead atoms. The van der Waals surface area contributed by atoms with Gasteiger partial charge in [0, 0.05) is 31.9 Å². The maximum absolute atomic E-state index is 5.84. The molecule has 24 heavy (non-hydrogen) atoms. The Morgan fingerprint density at radius 3 is 2.71 bits per heavy atom. The fourth-order valence-electron chi connectivity index (χ4n) is 1.98. The van der Waals surface area contributed by atoms with Gasteiger partial charge in [-0.15, -0.1) is 30.6 Å². The predicted octanol–water partition coefficient (Wildman–Crippen LogP) is 3.13. The topological polar surface area (TPSA) is 58.5 Å². The summed E-state index contributed by atoms with van der Waals surface area (Å²) in [4.78, 5) is 8.47. The van der Waals surface area contributed by atoms with E-state index in [0.717, 1.165) is 11.1 Å². The van der Waals surface area contributed by atoms with Gasteiger partial charge in [0.2, 0.25) is 5.88 Å². The van der Waals surface area contributed by atoms with E-state index < -0.39 is 0 Å². The first-order valence-electron chi connectivity index (χ1n) is 7.49. The van der Waals surface area contributed by atoms with Crippen molar-refractivity contribution in [3.05, 3.63) is 72.4 Å². The zero-order chi connectivity index (χ0) is 16.3. The third-order valence-electron chi connectivity index (χ3n) is 3.15. The Bertz CT molecular complexity index is 646. The molecule has 0 saturated heterocycles. The molecule has 0 aliphatic carbocycles. The van der Waals surface area contributed by atoms with Crippen LogP contribution in [0.4, 0.5) is 0 Å². The zero-order valence-electron chi connectivity index (χ0n) is 13.7. The zero-order valence-corrected chi connectivity index (χ0v) is 16.1. The summed E-state index contributed by atoms with van der Waals surface area (Å²) < 4.78 is 5.84. The van der Waals surface area contributed by atoms with Gasteiger partial charge in [-0.1, -0.05) is 42.5 Å². The summed E-state index contributed by atoms with van der Waals surface area (Å²) in [6, 6.07) is 13.9. The molecule has 1 aromatic heterocycles. The standard InChI is InChI=1S/C18H22N4O.HI/c1-3-11-21-18(19-2)22-13-16-10-7-12-20-17(16)23-14-15-8-5-4-6-9-15;/h3-10,12H,1,11,13-14H2,2H3,(H2,19,21,22);1H. The molecule has 0 atom stereocenters. The Morgan fingerprint density at radius 2 is 2.00 bits per heavy atom. The largest absolute Gasteiger partial charge is 0.473 e. The monoisotopic (exact) mass is 438 g/mol. The van der Waals surface area contributed by atoms with Crippen LogP contribution in [0.2, 0.25) is 0 Å². The number of guanidine groups is 1. The van der Waals surface area contributed by atoms with Crippen molar-refractivity contribution in [2.24, 2.45) is 4.99 Å². The van der Waals surface area contributed by atoms with Crippen molar-refractivity contribution < 1.29 is 4.74 Å². The molecule has 5 nitrogen and oxygen atoms in total. The van der Waals surface area contributed by atoms with Crippen LogP contribution in [0.1, 0.15) is 11.1 Å². The quantitative estimate of drug-likeness (QED) is 0.302. The van der Waals surface area contributed by atoms with Crippen LogP contribution in [-0.4, -0.2) is 24.5 Å². The van der Waals surface area contributed by atoms with E-state index in [1.165, 1.54) is 0 Å². The summed E-state index contributed by atoms with van der Waals surface area (Å²) in [5.41, 5.74) is 2.09. The van der Waals surface area contributed by atoms with Gasteiger partial charge in [0.15, 0.2) is 5.96 Å². The summed E-state index contributed by atoms with van der Waals surface area (Å²) in [6.45, 7) is 5.41. The molecule has 0 aliphatic rings. The van der Waals surface area contributed by atoms with E-state index in [1.54, 1.807) is 19.3 Å². The maximum atomic E-state index is 5.84. The fraction of sp³-hybridized carbons (Fsp3) is 0.222. The van der Waals surface area contributed by atoms with Crippen LogP contribution in [0.15, 0.2) is 66.3 Å². The number of hydrogen-bond acceptors (Lipinski definition) is 3. The van der Waals surface area contributed by atoms with E-state index >= 15 is 0 Å². The van der Waals surface area contributed by atoms with Crippen LogP contribution in [0.5, 0.6) is 5.88 Å². The van der Waals surface area contributed by atoms with Crippen molar-refractivity contribution in [3.63, 3.8) is 0 Å². The molecule has 0 amide bonds. The van der Waals surface area contributed by atoms with Crippen LogP contribution in [0.3, 0.4) is 0 Å². The Morgan fingerprint density at radius 1 is 1.21 bits per heavy atom. The number of benzene rings is 1. The highest BCUT2D eigenvalue weighted by atomic mass is 127. The molecule has 6 heteroatoms. The molecule has 0 spiro atoms. The molecule has 2 aromatic rings. The van der Waals surface area contributed by atoms with Crippen molar-refractivity contribution in [1.29, 1.82) is 0 Å². The molecular weight excluding hydrogens is 415 g/mol. The molecule has 2 N–H and O–H groups in total. The Kier molecular flexibility index (Phi) is 9.52. The van der Waals surface area contributed by atoms with Crippen LogP contribution in [0, 0.1) is 0 Å². The second kappa shape index (κ2) is 11.4. The Labute approximate surface area is 160 Å². The lowest BCUT2D eigenvalue weighted by Gasteiger charge is -2.13. The maximum Gasteiger partial charge on any atom is 0.218 e. The van der Waals surface area contributed by atoms with Crippen LogP contribution in [-0.2, 0) is 13.2 Å². The average Bonchev–Trinajstić information content (AvgIpc) is 2.62. The van der Waals surface area contributed by atoms with Crippen molar-refractivity contribution >= 4 is 29.9 Å². The molecule has 2 rings (SSSR count). The van der Waals surface area contributed by atoms with E-state index in [2.05, 4.69) is 27.2 Å². The molecule has 0 unspecified atom stereocenters. The van der Waals surface area contributed by atoms with E-state index in [4.69, 9.17) is 4.74 Å². The average molecular weight is 438 g/mol. The lowest BCUT2D eigenvalue weighted by Crippen LogP contribution is -2.36. The summed E-state index contributed by atoms with van der Waals surface area (Å²) in [5.74, 6) is 1.34. The van der Waals surface area contributed by atoms with Crippen molar-refractivity contribution in [2.45, 2.75) is 13.2 Å². The van der Waals surface area contributed by atoms with Crippen LogP contribution >= 0.6 is 24.0 Å². The van der Waals surface area contributed by atoms with Crippen molar-refractivity contribution in [2.75, 3.05) is 13.6 Å². The van der Waals surface area contributed by atoms with E-state index in [0.29, 0.717) is 31.5 Å². The smallest absolute Gasteiger partial charge is 0.218 e. The molecule has 0 radical (unpaired) electrons. The SMILES string of the molecule is C=CCNC(=NC)NCc1cccnc1OCc1ccccc1.I. The van der Waals surface area contributed by atoms with Crippen LogP contribution in [0.25, 0.3) is 0 Å². The third kappa shape index (κ3) is 6.57. The molecule has 0 aliphatic heterocycles. The highest BCUT2D eigenvalue weighted by Crippen LogP contribution is 2.15. The van der Waals surface area contributed by atoms with Gasteiger partial charge in [-0.25, -0.2) is 4.98 Å². The number of rotatable bonds is 7. The summed E-state index contributed by atoms with van der Waals surface area (Å²) in [5, 5.41) is 6.36. The van der Waals surface area contributed by atoms with E-state index in [1.807, 2.05) is 42.5 Å². The van der Waals surface area contributed by atoms with Gasteiger partial charge >= 0.3 is 0 Å². The Hall–Kier alpha value is -2.09. The lowest BCUT2D eigenvalue weighted by molar-refractivity contribution is 0.290. The minimum absolute atomic E-state index is 0. The molecule has 1 heterocycles. The van der Waals surface area contributed by atoms with Crippen molar-refractivity contribution in [1.82, 2.24) is 15.6 Å². The van der Waals surface area contributed by atoms with Gasteiger partial charge in [0.1, 0.15) is 6.61 Å². The first-order valence-corrected chi connectivity index (χ1v) is 7.49. The molecular formula is C18H23IN4O. The number of hydrogen-bond donors (Lipinski definition) is 2. The Balaban J connectivity index is 0.00000288. The van der Waals surface area contributed by atoms with Gasteiger partial charge in [0.25, 0.3) is 0 Å². The number of ether oxygens (including phenoxy) is 1. The minimum Gasteiger partial charge on any atom is -0.473 e. The summed E-state index contributed by atoms with van der Waals surface area (Å²) >= 11 is 0. The second-order valence-electron chi connectivity index (χ2n) is 4.84. The van der Waals surface area contributed by atoms with Gasteiger partial charge < -0.3 is 15.4 Å². The highest BCUT2D eigenvalue weighted by Gasteiger charge is 2.06.